The number of aromatic hydroxyl groups is 2. The summed E-state index contributed by atoms with van der Waals surface area (Å²) in [6.07, 6.45) is 16.8. The second-order valence-corrected chi connectivity index (χ2v) is 33.7. The lowest BCUT2D eigenvalue weighted by atomic mass is 9.80. The van der Waals surface area contributed by atoms with Crippen LogP contribution < -0.4 is 31.1 Å². The molecule has 2 aliphatic heterocycles. The Balaban J connectivity index is 0.825. The van der Waals surface area contributed by atoms with Gasteiger partial charge in [-0.15, -0.1) is 0 Å². The molecule has 4 amide bonds. The average Bonchev–Trinajstić information content (AvgIpc) is 1.59. The fourth-order valence-corrected chi connectivity index (χ4v) is 15.5. The number of carboxylic acids is 5. The first-order valence-electron chi connectivity index (χ1n) is 40.0. The Morgan fingerprint density at radius 2 is 1.03 bits per heavy atom. The molecule has 0 saturated heterocycles. The first kappa shape index (κ1) is 97.7. The molecule has 0 aromatic heterocycles. The first-order valence-corrected chi connectivity index (χ1v) is 42.8. The number of aliphatic carboxylic acids is 5. The maximum Gasteiger partial charge on any atom is 0.326 e. The van der Waals surface area contributed by atoms with Crippen molar-refractivity contribution in [2.24, 2.45) is 0 Å². The number of Topliss-reactive ketones (excluding diaryl/α,β-unsaturated/α-hetero) is 2. The molecule has 0 aliphatic carbocycles. The van der Waals surface area contributed by atoms with Gasteiger partial charge in [-0.2, -0.15) is 0 Å². The molecule has 2 aliphatic rings. The summed E-state index contributed by atoms with van der Waals surface area (Å²) >= 11 is 0. The van der Waals surface area contributed by atoms with Crippen LogP contribution in [0.15, 0.2) is 119 Å². The zero-order chi connectivity index (χ0) is 87.6. The lowest BCUT2D eigenvalue weighted by Crippen LogP contribution is -2.51. The van der Waals surface area contributed by atoms with Gasteiger partial charge in [0.2, 0.25) is 11.8 Å². The van der Waals surface area contributed by atoms with Crippen molar-refractivity contribution in [2.75, 3.05) is 89.1 Å². The number of benzene rings is 4. The molecule has 35 heteroatoms. The molecule has 0 saturated carbocycles. The highest BCUT2D eigenvalue weighted by Crippen LogP contribution is 2.49. The first-order chi connectivity index (χ1) is 56.2. The molecule has 119 heavy (non-hydrogen) atoms. The van der Waals surface area contributed by atoms with Gasteiger partial charge in [-0.1, -0.05) is 95.5 Å². The minimum absolute atomic E-state index is 0.00730. The highest BCUT2D eigenvalue weighted by molar-refractivity contribution is 7.86. The number of ether oxygens (including phenoxy) is 2. The van der Waals surface area contributed by atoms with E-state index in [0.29, 0.717) is 112 Å². The number of aryl methyl sites for hydroxylation is 2. The minimum atomic E-state index is -4.72. The predicted molar refractivity (Wildman–Crippen MR) is 438 cm³/mol. The van der Waals surface area contributed by atoms with Gasteiger partial charge in [0, 0.05) is 143 Å². The van der Waals surface area contributed by atoms with Gasteiger partial charge in [0.25, 0.3) is 0 Å². The smallest absolute Gasteiger partial charge is 0.326 e. The number of likely N-dealkylation sites (N-methyl/N-ethyl adjacent to an activating group) is 1. The Bertz CT molecular complexity index is 4510. The molecule has 654 valence electrons. The number of nitrogens with one attached hydrogen (secondary N) is 4. The number of hydrogen-bond acceptors (Lipinski definition) is 24. The molecule has 4 aromatic carbocycles. The molecule has 4 aromatic rings. The summed E-state index contributed by atoms with van der Waals surface area (Å²) in [5.41, 5.74) is 4.91. The number of carbonyl (C=O) groups is 10. The van der Waals surface area contributed by atoms with E-state index in [-0.39, 0.29) is 142 Å². The average molecular weight is 1700 g/mol. The zero-order valence-corrected chi connectivity index (χ0v) is 69.8. The largest absolute Gasteiger partial charge is 0.744 e. The molecule has 11 N–H and O–H groups in total. The standard InChI is InChI=1S/C84H116N8O25S2/c1-83(2)65-51-63(118(110,111)112)31-34-69(65)89(5)73(83)23-12-8-13-24-74-84(3,4)66-52-64(119(113,114)115)32-35-70(66)92(74)42-17-9-11-19-61(93)21-18-45-116-47-48-117-46-41-86-76(98)38-29-58-28-37-72(96)60(50-58)54-91(56-79(103)104)44-43-90(55-78(101)102)53-59-49-57(27-36-71(59)95)26-30-62(94)20-10-6-7-14-25-75(97)85-40-16-15-22-67(80(105)106)87-82(109)88-68(81(107)108)33-39-77(99)100/h8,12-13,23-24,27-28,31-32,34-37,49-52,67-68,74,95-96H,6-7,9-11,14-22,25-26,29-30,33,38-48,53-56H2,1-5H3,(H,85,97)(H,86,98)(H,99,100)(H,101,102)(H,103,104)(H,105,106)(H,107,108)(H2,87,88,109)(H,110,111,112)(H,113,114,115)/p-2/b12-8+,24-13+,73-23+. The van der Waals surface area contributed by atoms with Crippen molar-refractivity contribution in [2.45, 2.75) is 214 Å². The predicted octanol–water partition coefficient (Wildman–Crippen LogP) is 8.16. The van der Waals surface area contributed by atoms with Gasteiger partial charge < -0.3 is 85.4 Å². The van der Waals surface area contributed by atoms with Gasteiger partial charge in [-0.05, 0) is 147 Å². The minimum Gasteiger partial charge on any atom is -0.744 e. The fraction of sp³-hybridized carbons (Fsp3) is 0.524. The van der Waals surface area contributed by atoms with Crippen LogP contribution in [-0.2, 0) is 110 Å². The van der Waals surface area contributed by atoms with E-state index in [2.05, 4.69) is 26.2 Å². The van der Waals surface area contributed by atoms with Gasteiger partial charge in [-0.25, -0.2) is 31.2 Å². The summed E-state index contributed by atoms with van der Waals surface area (Å²) in [6, 6.07) is 14.3. The number of anilines is 2. The van der Waals surface area contributed by atoms with Crippen LogP contribution in [0.2, 0.25) is 0 Å². The zero-order valence-electron chi connectivity index (χ0n) is 68.2. The number of rotatable bonds is 57. The summed E-state index contributed by atoms with van der Waals surface area (Å²) in [4.78, 5) is 128. The van der Waals surface area contributed by atoms with Gasteiger partial charge in [0.15, 0.2) is 0 Å². The number of fused-ring (bicyclic) bond motifs is 2. The van der Waals surface area contributed by atoms with E-state index in [1.807, 2.05) is 70.0 Å². The van der Waals surface area contributed by atoms with E-state index < -0.39 is 105 Å². The second kappa shape index (κ2) is 47.6. The van der Waals surface area contributed by atoms with Crippen LogP contribution in [0.5, 0.6) is 11.5 Å². The third-order valence-corrected chi connectivity index (χ3v) is 22.7. The van der Waals surface area contributed by atoms with Gasteiger partial charge in [0.1, 0.15) is 55.4 Å². The molecule has 6 rings (SSSR count). The van der Waals surface area contributed by atoms with E-state index in [1.54, 1.807) is 36.4 Å². The number of carbonyl (C=O) groups excluding carboxylic acids is 5. The SMILES string of the molecule is CN1/C(=C/C=C/C=C/C2N(CCCCCC(=O)CCCOCCOCCNC(=O)CCc3ccc(O)c(CN(CCN(CC(=O)O)Cc4cc(CCC(=O)CCCCCCC(=O)NCCCCC(NC(=O)NC(CCC(=O)O)C(=O)O)C(=O)O)ccc4O)CC(=O)O)c3)c3ccc(S(=O)(=O)[O-])cc3C2(C)C)C(C)(C)c2cc(S(=O)(=O)[O-])ccc21. The maximum absolute atomic E-state index is 12.9. The maximum atomic E-state index is 12.9. The molecule has 0 radical (unpaired) electrons. The number of urea groups is 1. The summed E-state index contributed by atoms with van der Waals surface area (Å²) < 4.78 is 83.1. The number of amides is 4. The Kier molecular flexibility index (Phi) is 39.1. The van der Waals surface area contributed by atoms with E-state index in [0.717, 1.165) is 41.0 Å². The molecule has 2 heterocycles. The van der Waals surface area contributed by atoms with E-state index >= 15 is 0 Å². The van der Waals surface area contributed by atoms with Crippen molar-refractivity contribution >= 4 is 90.9 Å². The van der Waals surface area contributed by atoms with E-state index in [9.17, 15) is 105 Å². The fourth-order valence-electron chi connectivity index (χ4n) is 14.5. The van der Waals surface area contributed by atoms with Crippen LogP contribution in [0, 0.1) is 0 Å². The summed E-state index contributed by atoms with van der Waals surface area (Å²) in [5, 5.41) is 78.9. The molecule has 33 nitrogen and oxygen atoms in total. The Morgan fingerprint density at radius 1 is 0.521 bits per heavy atom. The molecule has 3 unspecified atom stereocenters. The summed E-state index contributed by atoms with van der Waals surface area (Å²) in [7, 11) is -7.49. The van der Waals surface area contributed by atoms with Gasteiger partial charge in [0.05, 0.1) is 48.7 Å². The number of carboxylic acid groups (broad SMARTS) is 5. The van der Waals surface area contributed by atoms with Crippen molar-refractivity contribution in [3.63, 3.8) is 0 Å². The third-order valence-electron chi connectivity index (χ3n) is 21.0. The van der Waals surface area contributed by atoms with Crippen LogP contribution in [0.1, 0.15) is 183 Å². The van der Waals surface area contributed by atoms with E-state index in [1.165, 1.54) is 46.2 Å². The van der Waals surface area contributed by atoms with E-state index in [4.69, 9.17) is 14.6 Å². The second-order valence-electron chi connectivity index (χ2n) is 30.9. The van der Waals surface area contributed by atoms with Crippen molar-refractivity contribution in [3.05, 3.63) is 142 Å². The monoisotopic (exact) mass is 1700 g/mol. The molecule has 0 bridgehead atoms. The number of nitrogens with zero attached hydrogens (tertiary/aromatic N) is 4. The third kappa shape index (κ3) is 32.8. The normalized spacial score (nSPS) is 15.1. The highest BCUT2D eigenvalue weighted by atomic mass is 32.2. The number of ketones is 2. The highest BCUT2D eigenvalue weighted by Gasteiger charge is 2.44. The quantitative estimate of drug-likeness (QED) is 0.0113. The van der Waals surface area contributed by atoms with Gasteiger partial charge >= 0.3 is 35.9 Å². The van der Waals surface area contributed by atoms with Crippen LogP contribution in [0.4, 0.5) is 16.2 Å². The molecule has 0 fully saturated rings. The van der Waals surface area contributed by atoms with Crippen molar-refractivity contribution in [3.8, 4) is 11.5 Å². The summed E-state index contributed by atoms with van der Waals surface area (Å²) in [5.74, 6) is -6.99. The van der Waals surface area contributed by atoms with Crippen molar-refractivity contribution < 1.29 is 119 Å². The van der Waals surface area contributed by atoms with Gasteiger partial charge in [-0.3, -0.25) is 43.4 Å². The Morgan fingerprint density at radius 3 is 1.59 bits per heavy atom. The van der Waals surface area contributed by atoms with Crippen LogP contribution in [0.25, 0.3) is 0 Å². The molecule has 3 atom stereocenters. The van der Waals surface area contributed by atoms with Crippen LogP contribution in [-0.4, -0.2) is 228 Å². The van der Waals surface area contributed by atoms with Crippen molar-refractivity contribution in [1.82, 2.24) is 31.1 Å². The van der Waals surface area contributed by atoms with Crippen molar-refractivity contribution in [1.29, 1.82) is 0 Å². The number of phenols is 2. The van der Waals surface area contributed by atoms with Crippen LogP contribution >= 0.6 is 0 Å². The molecular formula is C84H114N8O25S2-2. The lowest BCUT2D eigenvalue weighted by Gasteiger charge is -2.32. The topological polar surface area (TPSA) is 506 Å². The number of phenolic OH excluding ortho intramolecular Hbond substituents is 2. The number of allylic oxidation sites excluding steroid dienone is 5. The number of hydrogen-bond donors (Lipinski definition) is 11. The van der Waals surface area contributed by atoms with Crippen LogP contribution in [0.3, 0.4) is 0 Å². The summed E-state index contributed by atoms with van der Waals surface area (Å²) in [6.45, 7) is 9.19. The molecule has 0 spiro atoms. The molecular weight excluding hydrogens is 1590 g/mol. The lowest BCUT2D eigenvalue weighted by molar-refractivity contribution is -0.141. The Hall–Kier alpha value is -10.1. The Labute approximate surface area is 694 Å². The number of unbranched alkanes of at least 4 members (excludes halogenated alkanes) is 6.